The number of sulfonamides is 1. The zero-order chi connectivity index (χ0) is 15.1. The largest absolute Gasteiger partial charge is 0.303 e. The fraction of sp³-hybridized carbons (Fsp3) is 0.600. The highest BCUT2D eigenvalue weighted by atomic mass is 35.5. The summed E-state index contributed by atoms with van der Waals surface area (Å²) in [5.41, 5.74) is -0.364. The van der Waals surface area contributed by atoms with Crippen molar-refractivity contribution in [1.82, 2.24) is 9.21 Å². The molecule has 1 fully saturated rings. The monoisotopic (exact) mass is 339 g/mol. The van der Waals surface area contributed by atoms with Crippen LogP contribution in [-0.2, 0) is 10.0 Å². The van der Waals surface area contributed by atoms with Gasteiger partial charge in [0.15, 0.2) is 4.34 Å². The Morgan fingerprint density at radius 2 is 2.15 bits per heavy atom. The molecule has 7 nitrogen and oxygen atoms in total. The third-order valence-electron chi connectivity index (χ3n) is 3.18. The van der Waals surface area contributed by atoms with Crippen molar-refractivity contribution in [2.75, 3.05) is 26.7 Å². The topological polar surface area (TPSA) is 83.8 Å². The first-order valence-electron chi connectivity index (χ1n) is 5.87. The third-order valence-corrected chi connectivity index (χ3v) is 6.98. The minimum Gasteiger partial charge on any atom is -0.303 e. The van der Waals surface area contributed by atoms with E-state index in [4.69, 9.17) is 11.6 Å². The summed E-state index contributed by atoms with van der Waals surface area (Å²) in [5, 5.41) is 10.8. The van der Waals surface area contributed by atoms with Crippen molar-refractivity contribution in [3.63, 3.8) is 0 Å². The molecule has 20 heavy (non-hydrogen) atoms. The molecule has 2 rings (SSSR count). The summed E-state index contributed by atoms with van der Waals surface area (Å²) in [5.74, 6) is 0. The van der Waals surface area contributed by atoms with E-state index >= 15 is 0 Å². The van der Waals surface area contributed by atoms with Crippen molar-refractivity contribution in [1.29, 1.82) is 0 Å². The Hall–Kier alpha value is -0.740. The van der Waals surface area contributed by atoms with Gasteiger partial charge in [-0.05, 0) is 14.0 Å². The van der Waals surface area contributed by atoms with Crippen LogP contribution in [0.1, 0.15) is 6.92 Å². The number of hydrogen-bond donors (Lipinski definition) is 0. The van der Waals surface area contributed by atoms with Crippen LogP contribution < -0.4 is 0 Å². The van der Waals surface area contributed by atoms with Crippen molar-refractivity contribution in [3.05, 3.63) is 20.5 Å². The number of likely N-dealkylation sites (N-methyl/N-ethyl adjacent to an activating group) is 1. The number of nitrogens with zero attached hydrogens (tertiary/aromatic N) is 3. The van der Waals surface area contributed by atoms with Gasteiger partial charge in [0.2, 0.25) is 0 Å². The van der Waals surface area contributed by atoms with Gasteiger partial charge in [-0.15, -0.1) is 11.3 Å². The van der Waals surface area contributed by atoms with E-state index in [1.165, 1.54) is 4.31 Å². The molecular formula is C10H14ClN3O4S2. The number of hydrogen-bond acceptors (Lipinski definition) is 6. The zero-order valence-corrected chi connectivity index (χ0v) is 13.3. The molecule has 1 aliphatic heterocycles. The van der Waals surface area contributed by atoms with Crippen LogP contribution in [0.5, 0.6) is 0 Å². The number of halogens is 1. The molecule has 0 radical (unpaired) electrons. The smallest absolute Gasteiger partial charge is 0.300 e. The van der Waals surface area contributed by atoms with Crippen LogP contribution in [0.2, 0.25) is 4.34 Å². The van der Waals surface area contributed by atoms with Crippen molar-refractivity contribution in [2.24, 2.45) is 0 Å². The summed E-state index contributed by atoms with van der Waals surface area (Å²) in [6.45, 7) is 3.44. The van der Waals surface area contributed by atoms with Crippen LogP contribution in [0.3, 0.4) is 0 Å². The number of thiophene rings is 1. The van der Waals surface area contributed by atoms with Gasteiger partial charge < -0.3 is 4.90 Å². The third kappa shape index (κ3) is 2.82. The Morgan fingerprint density at radius 1 is 1.50 bits per heavy atom. The number of rotatable bonds is 3. The quantitative estimate of drug-likeness (QED) is 0.617. The molecule has 1 unspecified atom stereocenters. The summed E-state index contributed by atoms with van der Waals surface area (Å²) in [6.07, 6.45) is 0. The SMILES string of the molecule is CC1CN(C)CCN1S(=O)(=O)c1cc([N+](=O)[O-])c(Cl)s1. The van der Waals surface area contributed by atoms with E-state index in [0.29, 0.717) is 19.6 Å². The second-order valence-electron chi connectivity index (χ2n) is 4.71. The van der Waals surface area contributed by atoms with Gasteiger partial charge in [0.25, 0.3) is 15.7 Å². The van der Waals surface area contributed by atoms with Gasteiger partial charge in [-0.25, -0.2) is 8.42 Å². The lowest BCUT2D eigenvalue weighted by Gasteiger charge is -2.36. The fourth-order valence-electron chi connectivity index (χ4n) is 2.19. The van der Waals surface area contributed by atoms with Gasteiger partial charge >= 0.3 is 0 Å². The number of piperazine rings is 1. The maximum absolute atomic E-state index is 12.5. The molecule has 0 bridgehead atoms. The van der Waals surface area contributed by atoms with Gasteiger partial charge in [-0.2, -0.15) is 4.31 Å². The second-order valence-corrected chi connectivity index (χ2v) is 8.48. The standard InChI is InChI=1S/C10H14ClN3O4S2/c1-7-6-12(2)3-4-13(7)20(17,18)9-5-8(14(15)16)10(11)19-9/h5,7H,3-4,6H2,1-2H3. The normalized spacial score (nSPS) is 22.1. The molecule has 1 aromatic rings. The van der Waals surface area contributed by atoms with Crippen LogP contribution in [-0.4, -0.2) is 55.3 Å². The molecule has 0 N–H and O–H groups in total. The first-order chi connectivity index (χ1) is 9.23. The van der Waals surface area contributed by atoms with Crippen LogP contribution in [0.15, 0.2) is 10.3 Å². The number of nitro groups is 1. The average molecular weight is 340 g/mol. The molecule has 2 heterocycles. The van der Waals surface area contributed by atoms with Gasteiger partial charge in [-0.1, -0.05) is 11.6 Å². The molecule has 0 aromatic carbocycles. The lowest BCUT2D eigenvalue weighted by Crippen LogP contribution is -2.52. The summed E-state index contributed by atoms with van der Waals surface area (Å²) < 4.78 is 26.2. The van der Waals surface area contributed by atoms with E-state index < -0.39 is 14.9 Å². The molecule has 1 aliphatic rings. The Kier molecular flexibility index (Phi) is 4.35. The minimum atomic E-state index is -3.73. The minimum absolute atomic E-state index is 0.0781. The highest BCUT2D eigenvalue weighted by molar-refractivity contribution is 7.91. The van der Waals surface area contributed by atoms with E-state index in [1.807, 2.05) is 18.9 Å². The van der Waals surface area contributed by atoms with E-state index in [9.17, 15) is 18.5 Å². The first-order valence-corrected chi connectivity index (χ1v) is 8.51. The Balaban J connectivity index is 2.35. The maximum atomic E-state index is 12.5. The molecular weight excluding hydrogens is 326 g/mol. The van der Waals surface area contributed by atoms with Gasteiger partial charge in [0, 0.05) is 31.7 Å². The lowest BCUT2D eigenvalue weighted by molar-refractivity contribution is -0.384. The van der Waals surface area contributed by atoms with Crippen LogP contribution in [0.25, 0.3) is 0 Å². The lowest BCUT2D eigenvalue weighted by atomic mass is 10.2. The van der Waals surface area contributed by atoms with E-state index in [1.54, 1.807) is 0 Å². The van der Waals surface area contributed by atoms with Crippen molar-refractivity contribution in [2.45, 2.75) is 17.2 Å². The van der Waals surface area contributed by atoms with Crippen molar-refractivity contribution >= 4 is 38.6 Å². The molecule has 0 spiro atoms. The molecule has 10 heteroatoms. The Bertz CT molecular complexity index is 630. The highest BCUT2D eigenvalue weighted by Crippen LogP contribution is 2.38. The average Bonchev–Trinajstić information content (AvgIpc) is 2.71. The first kappa shape index (κ1) is 15.6. The summed E-state index contributed by atoms with van der Waals surface area (Å²) in [7, 11) is -1.81. The predicted molar refractivity (Wildman–Crippen MR) is 76.8 cm³/mol. The van der Waals surface area contributed by atoms with Gasteiger partial charge in [-0.3, -0.25) is 10.1 Å². The highest BCUT2D eigenvalue weighted by Gasteiger charge is 2.35. The summed E-state index contributed by atoms with van der Waals surface area (Å²) >= 11 is 6.46. The van der Waals surface area contributed by atoms with Gasteiger partial charge in [0.1, 0.15) is 4.21 Å². The zero-order valence-electron chi connectivity index (χ0n) is 10.9. The van der Waals surface area contributed by atoms with Crippen molar-refractivity contribution < 1.29 is 13.3 Å². The molecule has 0 amide bonds. The van der Waals surface area contributed by atoms with Crippen molar-refractivity contribution in [3.8, 4) is 0 Å². The van der Waals surface area contributed by atoms with E-state index in [2.05, 4.69) is 0 Å². The predicted octanol–water partition coefficient (Wildman–Crippen LogP) is 1.63. The second kappa shape index (κ2) is 5.57. The van der Waals surface area contributed by atoms with Gasteiger partial charge in [0.05, 0.1) is 4.92 Å². The molecule has 0 saturated carbocycles. The van der Waals surface area contributed by atoms with Crippen LogP contribution >= 0.6 is 22.9 Å². The Morgan fingerprint density at radius 3 is 2.65 bits per heavy atom. The summed E-state index contributed by atoms with van der Waals surface area (Å²) in [6, 6.07) is 0.853. The summed E-state index contributed by atoms with van der Waals surface area (Å²) in [4.78, 5) is 12.1. The maximum Gasteiger partial charge on any atom is 0.300 e. The van der Waals surface area contributed by atoms with E-state index in [-0.39, 0.29) is 20.3 Å². The fourth-order valence-corrected chi connectivity index (χ4v) is 5.59. The molecule has 112 valence electrons. The Labute approximate surface area is 125 Å². The molecule has 0 aliphatic carbocycles. The molecule has 1 atom stereocenters. The van der Waals surface area contributed by atoms with Crippen LogP contribution in [0.4, 0.5) is 5.69 Å². The van der Waals surface area contributed by atoms with Crippen LogP contribution in [0, 0.1) is 10.1 Å². The molecule has 1 aromatic heterocycles. The van der Waals surface area contributed by atoms with E-state index in [0.717, 1.165) is 17.4 Å². The molecule has 1 saturated heterocycles.